The summed E-state index contributed by atoms with van der Waals surface area (Å²) in [6.07, 6.45) is 0. The maximum absolute atomic E-state index is 10.8. The van der Waals surface area contributed by atoms with Gasteiger partial charge in [-0.15, -0.1) is 0 Å². The predicted octanol–water partition coefficient (Wildman–Crippen LogP) is -0.880. The highest BCUT2D eigenvalue weighted by molar-refractivity contribution is 5.86. The minimum Gasteiger partial charge on any atom is -0.390 e. The van der Waals surface area contributed by atoms with Gasteiger partial charge in [0.05, 0.1) is 26.4 Å². The maximum atomic E-state index is 10.8. The molecule has 0 aromatic rings. The lowest BCUT2D eigenvalue weighted by atomic mass is 10.6. The average molecular weight is 204 g/mol. The number of ether oxygens (including phenoxy) is 4. The van der Waals surface area contributed by atoms with Gasteiger partial charge in [0, 0.05) is 0 Å². The Hall–Kier alpha value is -0.980. The molecule has 0 N–H and O–H groups in total. The highest BCUT2D eigenvalue weighted by Gasteiger charge is 2.11. The molecule has 1 saturated heterocycles. The van der Waals surface area contributed by atoms with Crippen LogP contribution < -0.4 is 0 Å². The first-order valence-corrected chi connectivity index (χ1v) is 4.26. The lowest BCUT2D eigenvalue weighted by Gasteiger charge is -2.08. The highest BCUT2D eigenvalue weighted by atomic mass is 16.6. The number of esters is 2. The van der Waals surface area contributed by atoms with Gasteiger partial charge in [0.1, 0.15) is 13.2 Å². The maximum Gasteiger partial charge on any atom is 0.339 e. The summed E-state index contributed by atoms with van der Waals surface area (Å²) in [4.78, 5) is 21.7. The van der Waals surface area contributed by atoms with Crippen LogP contribution in [0.3, 0.4) is 0 Å². The van der Waals surface area contributed by atoms with E-state index in [1.807, 2.05) is 0 Å². The first-order valence-electron chi connectivity index (χ1n) is 4.26. The van der Waals surface area contributed by atoms with Crippen molar-refractivity contribution in [3.63, 3.8) is 0 Å². The molecular weight excluding hydrogens is 192 g/mol. The van der Waals surface area contributed by atoms with E-state index in [0.717, 1.165) is 0 Å². The summed E-state index contributed by atoms with van der Waals surface area (Å²) >= 11 is 0. The highest BCUT2D eigenvalue weighted by Crippen LogP contribution is 1.89. The Morgan fingerprint density at radius 2 is 1.14 bits per heavy atom. The van der Waals surface area contributed by atoms with Crippen LogP contribution in [0.15, 0.2) is 0 Å². The van der Waals surface area contributed by atoms with Crippen LogP contribution in [0.1, 0.15) is 0 Å². The fourth-order valence-electron chi connectivity index (χ4n) is 0.835. The van der Waals surface area contributed by atoms with Crippen LogP contribution in [0.4, 0.5) is 0 Å². The quantitative estimate of drug-likeness (QED) is 0.377. The van der Waals surface area contributed by atoms with Crippen molar-refractivity contribution in [1.29, 1.82) is 0 Å². The number of carbonyl (C=O) groups is 2. The molecule has 6 nitrogen and oxygen atoms in total. The molecule has 1 aliphatic rings. The predicted molar refractivity (Wildman–Crippen MR) is 43.6 cm³/mol. The van der Waals surface area contributed by atoms with E-state index in [4.69, 9.17) is 14.2 Å². The van der Waals surface area contributed by atoms with Crippen LogP contribution in [0.5, 0.6) is 0 Å². The van der Waals surface area contributed by atoms with E-state index >= 15 is 0 Å². The molecule has 0 radical (unpaired) electrons. The molecule has 0 saturated carbocycles. The van der Waals surface area contributed by atoms with Crippen LogP contribution >= 0.6 is 0 Å². The second kappa shape index (κ2) is 6.47. The Labute approximate surface area is 81.1 Å². The zero-order valence-corrected chi connectivity index (χ0v) is 7.69. The van der Waals surface area contributed by atoms with Crippen molar-refractivity contribution in [1.82, 2.24) is 0 Å². The molecule has 6 heteroatoms. The monoisotopic (exact) mass is 204 g/mol. The minimum atomic E-state index is -0.709. The molecule has 0 aliphatic carbocycles. The average Bonchev–Trinajstić information content (AvgIpc) is 2.13. The van der Waals surface area contributed by atoms with Crippen molar-refractivity contribution in [3.05, 3.63) is 0 Å². The van der Waals surface area contributed by atoms with Gasteiger partial charge in [0.15, 0.2) is 0 Å². The van der Waals surface area contributed by atoms with E-state index in [2.05, 4.69) is 4.74 Å². The van der Waals surface area contributed by atoms with Crippen molar-refractivity contribution >= 4 is 11.9 Å². The summed E-state index contributed by atoms with van der Waals surface area (Å²) in [5.41, 5.74) is 0. The number of rotatable bonds is 0. The van der Waals surface area contributed by atoms with Gasteiger partial charge in [-0.25, -0.2) is 9.59 Å². The second-order valence-corrected chi connectivity index (χ2v) is 2.56. The molecule has 0 spiro atoms. The molecule has 0 unspecified atom stereocenters. The largest absolute Gasteiger partial charge is 0.390 e. The third-order valence-electron chi connectivity index (χ3n) is 1.41. The van der Waals surface area contributed by atoms with Crippen LogP contribution in [0.25, 0.3) is 0 Å². The van der Waals surface area contributed by atoms with Crippen molar-refractivity contribution in [2.75, 3.05) is 39.6 Å². The van der Waals surface area contributed by atoms with Gasteiger partial charge in [-0.1, -0.05) is 0 Å². The smallest absolute Gasteiger partial charge is 0.339 e. The van der Waals surface area contributed by atoms with E-state index in [1.54, 1.807) is 0 Å². The van der Waals surface area contributed by atoms with Gasteiger partial charge in [0.25, 0.3) is 0 Å². The Bertz CT molecular complexity index is 182. The number of hydrogen-bond donors (Lipinski definition) is 0. The molecule has 0 aromatic heterocycles. The zero-order chi connectivity index (χ0) is 10.2. The van der Waals surface area contributed by atoms with Crippen molar-refractivity contribution < 1.29 is 28.5 Å². The van der Waals surface area contributed by atoms with E-state index in [-0.39, 0.29) is 13.2 Å². The SMILES string of the molecule is O=C1COCCOCCOCC(=O)O1. The van der Waals surface area contributed by atoms with Gasteiger partial charge < -0.3 is 18.9 Å². The lowest BCUT2D eigenvalue weighted by Crippen LogP contribution is -2.24. The van der Waals surface area contributed by atoms with Gasteiger partial charge in [-0.05, 0) is 0 Å². The molecule has 0 bridgehead atoms. The van der Waals surface area contributed by atoms with Crippen molar-refractivity contribution in [2.45, 2.75) is 0 Å². The van der Waals surface area contributed by atoms with Gasteiger partial charge in [0.2, 0.25) is 0 Å². The van der Waals surface area contributed by atoms with Crippen LogP contribution in [-0.4, -0.2) is 51.6 Å². The molecular formula is C8H12O6. The third-order valence-corrected chi connectivity index (χ3v) is 1.41. The van der Waals surface area contributed by atoms with Gasteiger partial charge in [-0.3, -0.25) is 0 Å². The Balaban J connectivity index is 2.30. The van der Waals surface area contributed by atoms with E-state index < -0.39 is 11.9 Å². The lowest BCUT2D eigenvalue weighted by molar-refractivity contribution is -0.167. The first-order chi connectivity index (χ1) is 6.79. The first kappa shape index (κ1) is 11.1. The van der Waals surface area contributed by atoms with E-state index in [1.165, 1.54) is 0 Å². The van der Waals surface area contributed by atoms with Crippen LogP contribution in [-0.2, 0) is 28.5 Å². The van der Waals surface area contributed by atoms with Gasteiger partial charge >= 0.3 is 11.9 Å². The van der Waals surface area contributed by atoms with Gasteiger partial charge in [-0.2, -0.15) is 0 Å². The summed E-state index contributed by atoms with van der Waals surface area (Å²) in [6, 6.07) is 0. The number of hydrogen-bond acceptors (Lipinski definition) is 6. The molecule has 1 aliphatic heterocycles. The minimum absolute atomic E-state index is 0.241. The van der Waals surface area contributed by atoms with E-state index in [9.17, 15) is 9.59 Å². The topological polar surface area (TPSA) is 71.1 Å². The molecule has 14 heavy (non-hydrogen) atoms. The molecule has 1 heterocycles. The zero-order valence-electron chi connectivity index (χ0n) is 7.69. The third kappa shape index (κ3) is 4.90. The standard InChI is InChI=1S/C8H12O6/c9-7-5-12-3-1-11-2-4-13-6-8(10)14-7/h1-6H2. The molecule has 0 atom stereocenters. The molecule has 1 rings (SSSR count). The van der Waals surface area contributed by atoms with Crippen LogP contribution in [0.2, 0.25) is 0 Å². The van der Waals surface area contributed by atoms with Crippen LogP contribution in [0, 0.1) is 0 Å². The molecule has 0 amide bonds. The molecule has 1 fully saturated rings. The molecule has 0 aromatic carbocycles. The fourth-order valence-corrected chi connectivity index (χ4v) is 0.835. The van der Waals surface area contributed by atoms with E-state index in [0.29, 0.717) is 26.4 Å². The molecule has 80 valence electrons. The Kier molecular flexibility index (Phi) is 5.13. The summed E-state index contributed by atoms with van der Waals surface area (Å²) in [6.45, 7) is 0.895. The Morgan fingerprint density at radius 3 is 1.64 bits per heavy atom. The summed E-state index contributed by atoms with van der Waals surface area (Å²) in [5.74, 6) is -1.42. The summed E-state index contributed by atoms with van der Waals surface area (Å²) in [5, 5.41) is 0. The second-order valence-electron chi connectivity index (χ2n) is 2.56. The fraction of sp³-hybridized carbons (Fsp3) is 0.750. The Morgan fingerprint density at radius 1 is 0.714 bits per heavy atom. The number of cyclic esters (lactones) is 2. The number of carbonyl (C=O) groups excluding carboxylic acids is 2. The van der Waals surface area contributed by atoms with Crippen molar-refractivity contribution in [3.8, 4) is 0 Å². The summed E-state index contributed by atoms with van der Waals surface area (Å²) in [7, 11) is 0. The summed E-state index contributed by atoms with van der Waals surface area (Å²) < 4.78 is 19.2. The normalized spacial score (nSPS) is 22.0. The van der Waals surface area contributed by atoms with Crippen molar-refractivity contribution in [2.24, 2.45) is 0 Å².